The number of nitrogens with two attached hydrogens (primary N) is 1. The van der Waals surface area contributed by atoms with E-state index in [1.165, 1.54) is 6.07 Å². The predicted molar refractivity (Wildman–Crippen MR) is 103 cm³/mol. The van der Waals surface area contributed by atoms with Gasteiger partial charge in [0.2, 0.25) is 21.8 Å². The molecule has 4 rings (SSSR count). The standard InChI is InChI=1S/C19H20N4O4S/c1-12-9-14-10-16(28(20,24)25)7-8-17(14)23(12)11-18-21-22-19(27-18)13-3-5-15(26-2)6-4-13/h3-8,10,12H,9,11H2,1-2H3,(H2,20,24,25). The molecule has 0 spiro atoms. The fourth-order valence-electron chi connectivity index (χ4n) is 3.40. The van der Waals surface area contributed by atoms with E-state index in [-0.39, 0.29) is 10.9 Å². The highest BCUT2D eigenvalue weighted by Gasteiger charge is 2.28. The van der Waals surface area contributed by atoms with E-state index in [0.29, 0.717) is 18.3 Å². The van der Waals surface area contributed by atoms with E-state index in [1.54, 1.807) is 19.2 Å². The highest BCUT2D eigenvalue weighted by molar-refractivity contribution is 7.89. The van der Waals surface area contributed by atoms with Gasteiger partial charge in [0.05, 0.1) is 18.6 Å². The summed E-state index contributed by atoms with van der Waals surface area (Å²) in [5.41, 5.74) is 2.70. The van der Waals surface area contributed by atoms with Crippen molar-refractivity contribution in [3.8, 4) is 17.2 Å². The molecule has 8 nitrogen and oxygen atoms in total. The molecule has 2 N–H and O–H groups in total. The lowest BCUT2D eigenvalue weighted by atomic mass is 10.1. The second kappa shape index (κ2) is 6.92. The second-order valence-corrected chi connectivity index (χ2v) is 8.31. The van der Waals surface area contributed by atoms with Crippen LogP contribution in [0.5, 0.6) is 5.75 Å². The third-order valence-electron chi connectivity index (χ3n) is 4.85. The molecule has 0 saturated carbocycles. The average Bonchev–Trinajstić information content (AvgIpc) is 3.26. The maximum absolute atomic E-state index is 11.6. The summed E-state index contributed by atoms with van der Waals surface area (Å²) >= 11 is 0. The molecule has 1 unspecified atom stereocenters. The van der Waals surface area contributed by atoms with Gasteiger partial charge in [0.25, 0.3) is 0 Å². The van der Waals surface area contributed by atoms with Crippen molar-refractivity contribution in [2.24, 2.45) is 5.14 Å². The minimum atomic E-state index is -3.72. The van der Waals surface area contributed by atoms with E-state index in [2.05, 4.69) is 22.0 Å². The molecular weight excluding hydrogens is 380 g/mol. The lowest BCUT2D eigenvalue weighted by molar-refractivity contribution is 0.415. The summed E-state index contributed by atoms with van der Waals surface area (Å²) in [5.74, 6) is 1.68. The Kier molecular flexibility index (Phi) is 4.56. The second-order valence-electron chi connectivity index (χ2n) is 6.75. The molecule has 0 radical (unpaired) electrons. The van der Waals surface area contributed by atoms with E-state index in [0.717, 1.165) is 29.0 Å². The SMILES string of the molecule is COc1ccc(-c2nnc(CN3c4ccc(S(N)(=O)=O)cc4CC3C)o2)cc1. The fourth-order valence-corrected chi connectivity index (χ4v) is 3.97. The molecule has 146 valence electrons. The monoisotopic (exact) mass is 400 g/mol. The smallest absolute Gasteiger partial charge is 0.247 e. The Morgan fingerprint density at radius 2 is 1.96 bits per heavy atom. The number of ether oxygens (including phenoxy) is 1. The van der Waals surface area contributed by atoms with Gasteiger partial charge in [-0.1, -0.05) is 0 Å². The largest absolute Gasteiger partial charge is 0.497 e. The Morgan fingerprint density at radius 3 is 2.64 bits per heavy atom. The van der Waals surface area contributed by atoms with Gasteiger partial charge < -0.3 is 14.1 Å². The van der Waals surface area contributed by atoms with Crippen molar-refractivity contribution in [1.29, 1.82) is 0 Å². The van der Waals surface area contributed by atoms with Crippen molar-refractivity contribution in [1.82, 2.24) is 10.2 Å². The quantitative estimate of drug-likeness (QED) is 0.699. The van der Waals surface area contributed by atoms with Crippen LogP contribution in [0.1, 0.15) is 18.4 Å². The van der Waals surface area contributed by atoms with Crippen LogP contribution in [0.25, 0.3) is 11.5 Å². The molecule has 0 amide bonds. The Balaban J connectivity index is 1.56. The van der Waals surface area contributed by atoms with Gasteiger partial charge in [-0.3, -0.25) is 0 Å². The van der Waals surface area contributed by atoms with Crippen molar-refractivity contribution < 1.29 is 17.6 Å². The lowest BCUT2D eigenvalue weighted by Gasteiger charge is -2.22. The molecule has 0 aliphatic carbocycles. The first-order chi connectivity index (χ1) is 13.3. The highest BCUT2D eigenvalue weighted by atomic mass is 32.2. The van der Waals surface area contributed by atoms with Crippen LogP contribution in [0.2, 0.25) is 0 Å². The Morgan fingerprint density at radius 1 is 1.21 bits per heavy atom. The van der Waals surface area contributed by atoms with Crippen molar-refractivity contribution in [2.45, 2.75) is 30.8 Å². The summed E-state index contributed by atoms with van der Waals surface area (Å²) in [6, 6.07) is 12.5. The van der Waals surface area contributed by atoms with Gasteiger partial charge in [-0.05, 0) is 61.4 Å². The van der Waals surface area contributed by atoms with Gasteiger partial charge in [-0.25, -0.2) is 13.6 Å². The zero-order valence-corrected chi connectivity index (χ0v) is 16.3. The molecule has 3 aromatic rings. The summed E-state index contributed by atoms with van der Waals surface area (Å²) in [6.45, 7) is 2.50. The Bertz CT molecular complexity index is 1110. The van der Waals surface area contributed by atoms with Gasteiger partial charge in [0.15, 0.2) is 0 Å². The number of rotatable bonds is 5. The topological polar surface area (TPSA) is 112 Å². The number of hydrogen-bond donors (Lipinski definition) is 1. The van der Waals surface area contributed by atoms with Crippen LogP contribution in [0.15, 0.2) is 51.8 Å². The van der Waals surface area contributed by atoms with Crippen LogP contribution >= 0.6 is 0 Å². The van der Waals surface area contributed by atoms with Crippen molar-refractivity contribution >= 4 is 15.7 Å². The van der Waals surface area contributed by atoms with Crippen molar-refractivity contribution in [2.75, 3.05) is 12.0 Å². The van der Waals surface area contributed by atoms with Gasteiger partial charge in [0, 0.05) is 17.3 Å². The van der Waals surface area contributed by atoms with Crippen LogP contribution in [0.3, 0.4) is 0 Å². The van der Waals surface area contributed by atoms with E-state index < -0.39 is 10.0 Å². The summed E-state index contributed by atoms with van der Waals surface area (Å²) in [6.07, 6.45) is 0.720. The molecule has 0 bridgehead atoms. The van der Waals surface area contributed by atoms with Gasteiger partial charge >= 0.3 is 0 Å². The number of primary sulfonamides is 1. The number of hydrogen-bond acceptors (Lipinski definition) is 7. The zero-order valence-electron chi connectivity index (χ0n) is 15.5. The number of methoxy groups -OCH3 is 1. The van der Waals surface area contributed by atoms with Crippen LogP contribution in [0, 0.1) is 0 Å². The molecule has 1 aromatic heterocycles. The first-order valence-corrected chi connectivity index (χ1v) is 10.3. The number of anilines is 1. The molecule has 28 heavy (non-hydrogen) atoms. The zero-order chi connectivity index (χ0) is 19.9. The predicted octanol–water partition coefficient (Wildman–Crippen LogP) is 2.34. The summed E-state index contributed by atoms with van der Waals surface area (Å²) in [7, 11) is -2.11. The molecule has 2 aromatic carbocycles. The first kappa shape index (κ1) is 18.5. The van der Waals surface area contributed by atoms with E-state index in [1.807, 2.05) is 24.3 Å². The Labute approximate surface area is 163 Å². The van der Waals surface area contributed by atoms with Crippen LogP contribution in [0.4, 0.5) is 5.69 Å². The maximum Gasteiger partial charge on any atom is 0.247 e. The van der Waals surface area contributed by atoms with Crippen molar-refractivity contribution in [3.05, 3.63) is 53.9 Å². The molecule has 1 aliphatic heterocycles. The fraction of sp³-hybridized carbons (Fsp3) is 0.263. The number of nitrogens with zero attached hydrogens (tertiary/aromatic N) is 3. The van der Waals surface area contributed by atoms with Gasteiger partial charge in [-0.15, -0.1) is 10.2 Å². The van der Waals surface area contributed by atoms with E-state index in [9.17, 15) is 8.42 Å². The first-order valence-electron chi connectivity index (χ1n) is 8.74. The highest BCUT2D eigenvalue weighted by Crippen LogP contribution is 2.35. The van der Waals surface area contributed by atoms with E-state index in [4.69, 9.17) is 14.3 Å². The number of aromatic nitrogens is 2. The summed E-state index contributed by atoms with van der Waals surface area (Å²) in [5, 5.41) is 13.5. The third kappa shape index (κ3) is 3.46. The van der Waals surface area contributed by atoms with Crippen LogP contribution < -0.4 is 14.8 Å². The van der Waals surface area contributed by atoms with Gasteiger partial charge in [-0.2, -0.15) is 0 Å². The van der Waals surface area contributed by atoms with Crippen molar-refractivity contribution in [3.63, 3.8) is 0 Å². The molecular formula is C19H20N4O4S. The van der Waals surface area contributed by atoms with Crippen LogP contribution in [-0.4, -0.2) is 31.8 Å². The molecule has 1 aliphatic rings. The molecule has 1 atom stereocenters. The minimum absolute atomic E-state index is 0.125. The maximum atomic E-state index is 11.6. The summed E-state index contributed by atoms with van der Waals surface area (Å²) < 4.78 is 34.2. The third-order valence-corrected chi connectivity index (χ3v) is 5.76. The minimum Gasteiger partial charge on any atom is -0.497 e. The molecule has 9 heteroatoms. The number of fused-ring (bicyclic) bond motifs is 1. The Hall–Kier alpha value is -2.91. The number of sulfonamides is 1. The lowest BCUT2D eigenvalue weighted by Crippen LogP contribution is -2.28. The summed E-state index contributed by atoms with van der Waals surface area (Å²) in [4.78, 5) is 2.24. The van der Waals surface area contributed by atoms with Crippen LogP contribution in [-0.2, 0) is 23.0 Å². The van der Waals surface area contributed by atoms with Gasteiger partial charge in [0.1, 0.15) is 5.75 Å². The average molecular weight is 400 g/mol. The normalized spacial score (nSPS) is 16.2. The molecule has 0 fully saturated rings. The molecule has 0 saturated heterocycles. The number of benzene rings is 2. The van der Waals surface area contributed by atoms with E-state index >= 15 is 0 Å². The molecule has 2 heterocycles.